The summed E-state index contributed by atoms with van der Waals surface area (Å²) in [5.41, 5.74) is 2.87. The highest BCUT2D eigenvalue weighted by Crippen LogP contribution is 2.22. The van der Waals surface area contributed by atoms with Gasteiger partial charge in [-0.2, -0.15) is 0 Å². The van der Waals surface area contributed by atoms with Crippen LogP contribution < -0.4 is 10.6 Å². The Morgan fingerprint density at radius 1 is 1.08 bits per heavy atom. The molecule has 0 fully saturated rings. The third-order valence-corrected chi connectivity index (χ3v) is 4.56. The molecule has 2 amide bonds. The normalized spacial score (nSPS) is 10.3. The fourth-order valence-corrected chi connectivity index (χ4v) is 2.78. The van der Waals surface area contributed by atoms with Crippen LogP contribution in [-0.4, -0.2) is 36.3 Å². The second-order valence-electron chi connectivity index (χ2n) is 5.87. The Bertz CT molecular complexity index is 788. The van der Waals surface area contributed by atoms with Crippen LogP contribution in [0.3, 0.4) is 0 Å². The van der Waals surface area contributed by atoms with Crippen LogP contribution in [0.1, 0.15) is 29.8 Å². The molecule has 2 aromatic carbocycles. The molecular formula is C20H24ClN3O2. The number of amides is 2. The average Bonchev–Trinajstić information content (AvgIpc) is 2.64. The Balaban J connectivity index is 2.00. The molecule has 0 aliphatic carbocycles. The summed E-state index contributed by atoms with van der Waals surface area (Å²) in [6.07, 6.45) is 0. The van der Waals surface area contributed by atoms with Crippen molar-refractivity contribution < 1.29 is 9.59 Å². The number of hydrogen-bond acceptors (Lipinski definition) is 3. The van der Waals surface area contributed by atoms with Crippen molar-refractivity contribution in [3.63, 3.8) is 0 Å². The van der Waals surface area contributed by atoms with Crippen LogP contribution >= 0.6 is 11.6 Å². The van der Waals surface area contributed by atoms with Gasteiger partial charge in [0.15, 0.2) is 0 Å². The second kappa shape index (κ2) is 9.25. The minimum Gasteiger partial charge on any atom is -0.376 e. The first kappa shape index (κ1) is 19.8. The van der Waals surface area contributed by atoms with Crippen molar-refractivity contribution in [3.8, 4) is 0 Å². The maximum atomic E-state index is 12.4. The monoisotopic (exact) mass is 373 g/mol. The predicted octanol–water partition coefficient (Wildman–Crippen LogP) is 4.18. The molecule has 0 unspecified atom stereocenters. The largest absolute Gasteiger partial charge is 0.376 e. The number of carbonyl (C=O) groups is 2. The molecule has 0 radical (unpaired) electrons. The van der Waals surface area contributed by atoms with Gasteiger partial charge in [0.05, 0.1) is 6.54 Å². The van der Waals surface area contributed by atoms with Crippen molar-refractivity contribution in [2.75, 3.05) is 30.3 Å². The van der Waals surface area contributed by atoms with E-state index in [0.29, 0.717) is 29.4 Å². The zero-order chi connectivity index (χ0) is 19.1. The van der Waals surface area contributed by atoms with E-state index < -0.39 is 0 Å². The van der Waals surface area contributed by atoms with E-state index >= 15 is 0 Å². The standard InChI is InChI=1S/C20H24ClN3O2/c1-4-24(5-2)20(26)15-8-6-9-16(12-15)23-19(25)13-22-18-11-7-10-17(21)14(18)3/h6-12,22H,4-5,13H2,1-3H3,(H,23,25). The Kier molecular flexibility index (Phi) is 7.04. The first-order valence-corrected chi connectivity index (χ1v) is 9.02. The average molecular weight is 374 g/mol. The number of hydrogen-bond donors (Lipinski definition) is 2. The van der Waals surface area contributed by atoms with Crippen LogP contribution in [0.25, 0.3) is 0 Å². The Hall–Kier alpha value is -2.53. The van der Waals surface area contributed by atoms with Gasteiger partial charge in [-0.25, -0.2) is 0 Å². The highest BCUT2D eigenvalue weighted by molar-refractivity contribution is 6.31. The van der Waals surface area contributed by atoms with E-state index in [4.69, 9.17) is 11.6 Å². The van der Waals surface area contributed by atoms with Crippen LogP contribution in [0.2, 0.25) is 5.02 Å². The molecule has 0 saturated heterocycles. The van der Waals surface area contributed by atoms with E-state index in [1.807, 2.05) is 32.9 Å². The van der Waals surface area contributed by atoms with Crippen molar-refractivity contribution in [3.05, 3.63) is 58.6 Å². The number of nitrogens with one attached hydrogen (secondary N) is 2. The van der Waals surface area contributed by atoms with Gasteiger partial charge >= 0.3 is 0 Å². The van der Waals surface area contributed by atoms with Gasteiger partial charge in [0.2, 0.25) is 5.91 Å². The van der Waals surface area contributed by atoms with Crippen LogP contribution in [0.15, 0.2) is 42.5 Å². The van der Waals surface area contributed by atoms with E-state index in [2.05, 4.69) is 10.6 Å². The van der Waals surface area contributed by atoms with Gasteiger partial charge in [-0.15, -0.1) is 0 Å². The molecule has 0 aromatic heterocycles. The lowest BCUT2D eigenvalue weighted by atomic mass is 10.1. The zero-order valence-corrected chi connectivity index (χ0v) is 16.1. The summed E-state index contributed by atoms with van der Waals surface area (Å²) in [4.78, 5) is 26.4. The summed E-state index contributed by atoms with van der Waals surface area (Å²) >= 11 is 6.08. The van der Waals surface area contributed by atoms with Gasteiger partial charge in [0.1, 0.15) is 0 Å². The smallest absolute Gasteiger partial charge is 0.253 e. The third-order valence-electron chi connectivity index (χ3n) is 4.15. The van der Waals surface area contributed by atoms with Crippen molar-refractivity contribution in [1.82, 2.24) is 4.90 Å². The van der Waals surface area contributed by atoms with Crippen LogP contribution in [0.5, 0.6) is 0 Å². The van der Waals surface area contributed by atoms with E-state index in [0.717, 1.165) is 11.3 Å². The molecule has 2 N–H and O–H groups in total. The van der Waals surface area contributed by atoms with Crippen LogP contribution in [-0.2, 0) is 4.79 Å². The molecule has 0 bridgehead atoms. The number of anilines is 2. The zero-order valence-electron chi connectivity index (χ0n) is 15.3. The number of benzene rings is 2. The lowest BCUT2D eigenvalue weighted by Gasteiger charge is -2.19. The van der Waals surface area contributed by atoms with Gasteiger partial charge in [0.25, 0.3) is 5.91 Å². The van der Waals surface area contributed by atoms with Gasteiger partial charge in [-0.1, -0.05) is 23.7 Å². The van der Waals surface area contributed by atoms with Gasteiger partial charge < -0.3 is 15.5 Å². The second-order valence-corrected chi connectivity index (χ2v) is 6.28. The summed E-state index contributed by atoms with van der Waals surface area (Å²) in [5.74, 6) is -0.240. The summed E-state index contributed by atoms with van der Waals surface area (Å²) < 4.78 is 0. The minimum absolute atomic E-state index is 0.0428. The maximum absolute atomic E-state index is 12.4. The van der Waals surface area contributed by atoms with Crippen molar-refractivity contribution in [2.45, 2.75) is 20.8 Å². The number of rotatable bonds is 7. The predicted molar refractivity (Wildman–Crippen MR) is 107 cm³/mol. The fraction of sp³-hybridized carbons (Fsp3) is 0.300. The lowest BCUT2D eigenvalue weighted by molar-refractivity contribution is -0.114. The molecule has 138 valence electrons. The van der Waals surface area contributed by atoms with Crippen LogP contribution in [0.4, 0.5) is 11.4 Å². The molecule has 26 heavy (non-hydrogen) atoms. The first-order valence-electron chi connectivity index (χ1n) is 8.64. The highest BCUT2D eigenvalue weighted by atomic mass is 35.5. The summed E-state index contributed by atoms with van der Waals surface area (Å²) in [6.45, 7) is 7.18. The molecule has 2 rings (SSSR count). The first-order chi connectivity index (χ1) is 12.5. The summed E-state index contributed by atoms with van der Waals surface area (Å²) in [5, 5.41) is 6.54. The minimum atomic E-state index is -0.197. The molecule has 5 nitrogen and oxygen atoms in total. The van der Waals surface area contributed by atoms with Gasteiger partial charge in [-0.05, 0) is 56.7 Å². The molecule has 0 aliphatic heterocycles. The van der Waals surface area contributed by atoms with E-state index in [-0.39, 0.29) is 18.4 Å². The van der Waals surface area contributed by atoms with Crippen LogP contribution in [0, 0.1) is 6.92 Å². The van der Waals surface area contributed by atoms with E-state index in [1.165, 1.54) is 0 Å². The third kappa shape index (κ3) is 4.99. The molecule has 0 atom stereocenters. The van der Waals surface area contributed by atoms with Crippen molar-refractivity contribution in [1.29, 1.82) is 0 Å². The Labute approximate surface area is 159 Å². The quantitative estimate of drug-likeness (QED) is 0.765. The molecule has 6 heteroatoms. The molecule has 0 spiro atoms. The molecule has 0 saturated carbocycles. The SMILES string of the molecule is CCN(CC)C(=O)c1cccc(NC(=O)CNc2cccc(Cl)c2C)c1. The Morgan fingerprint density at radius 3 is 2.46 bits per heavy atom. The summed E-state index contributed by atoms with van der Waals surface area (Å²) in [6, 6.07) is 12.5. The van der Waals surface area contributed by atoms with Crippen molar-refractivity contribution >= 4 is 34.8 Å². The molecule has 0 heterocycles. The highest BCUT2D eigenvalue weighted by Gasteiger charge is 2.13. The van der Waals surface area contributed by atoms with Gasteiger partial charge in [-0.3, -0.25) is 9.59 Å². The Morgan fingerprint density at radius 2 is 1.77 bits per heavy atom. The topological polar surface area (TPSA) is 61.4 Å². The number of nitrogens with zero attached hydrogens (tertiary/aromatic N) is 1. The van der Waals surface area contributed by atoms with E-state index in [1.54, 1.807) is 35.2 Å². The van der Waals surface area contributed by atoms with Gasteiger partial charge in [0, 0.05) is 35.1 Å². The molecule has 2 aromatic rings. The molecule has 0 aliphatic rings. The number of carbonyl (C=O) groups excluding carboxylic acids is 2. The maximum Gasteiger partial charge on any atom is 0.253 e. The number of halogens is 1. The lowest BCUT2D eigenvalue weighted by Crippen LogP contribution is -2.30. The summed E-state index contributed by atoms with van der Waals surface area (Å²) in [7, 11) is 0. The molecular weight excluding hydrogens is 350 g/mol. The van der Waals surface area contributed by atoms with E-state index in [9.17, 15) is 9.59 Å². The van der Waals surface area contributed by atoms with Crippen molar-refractivity contribution in [2.24, 2.45) is 0 Å². The fourth-order valence-electron chi connectivity index (χ4n) is 2.60.